The van der Waals surface area contributed by atoms with Gasteiger partial charge in [0.15, 0.2) is 5.78 Å². The third-order valence-electron chi connectivity index (χ3n) is 22.5. The van der Waals surface area contributed by atoms with E-state index in [4.69, 9.17) is 38.3 Å². The fraction of sp³-hybridized carbons (Fsp3) is 0.396. The van der Waals surface area contributed by atoms with Crippen LogP contribution in [0.5, 0.6) is 17.2 Å². The molecule has 652 valence electrons. The Morgan fingerprint density at radius 3 is 1.48 bits per heavy atom. The fourth-order valence-electron chi connectivity index (χ4n) is 15.4. The van der Waals surface area contributed by atoms with Crippen LogP contribution in [0.2, 0.25) is 12.6 Å². The molecule has 3 fully saturated rings. The average Bonchev–Trinajstić information content (AvgIpc) is 0.786. The van der Waals surface area contributed by atoms with Crippen LogP contribution in [-0.4, -0.2) is 200 Å². The lowest BCUT2D eigenvalue weighted by Crippen LogP contribution is -2.52. The van der Waals surface area contributed by atoms with Crippen molar-refractivity contribution in [1.29, 1.82) is 0 Å². The van der Waals surface area contributed by atoms with Crippen LogP contribution < -0.4 is 20.1 Å². The van der Waals surface area contributed by atoms with Gasteiger partial charge in [0.25, 0.3) is 0 Å². The number of hydrogen-bond acceptors (Lipinski definition) is 16. The summed E-state index contributed by atoms with van der Waals surface area (Å²) in [6.45, 7) is 28.2. The number of piperidine rings is 2. The molecule has 1 unspecified atom stereocenters. The molecule has 0 radical (unpaired) electrons. The minimum Gasteiger partial charge on any atom is -0.507 e. The predicted octanol–water partition coefficient (Wildman–Crippen LogP) is 20.2. The van der Waals surface area contributed by atoms with Crippen molar-refractivity contribution in [2.45, 2.75) is 138 Å². The number of aromatic hydroxyl groups is 1. The largest absolute Gasteiger partial charge is 0.507 e. The van der Waals surface area contributed by atoms with Crippen LogP contribution in [0.1, 0.15) is 138 Å². The maximum atomic E-state index is 13.6. The van der Waals surface area contributed by atoms with Crippen molar-refractivity contribution >= 4 is 99.3 Å². The van der Waals surface area contributed by atoms with Gasteiger partial charge in [-0.05, 0) is 248 Å². The number of anilines is 1. The summed E-state index contributed by atoms with van der Waals surface area (Å²) in [7, 11) is 5.34. The van der Waals surface area contributed by atoms with Crippen molar-refractivity contribution in [3.8, 4) is 17.2 Å². The number of benzene rings is 10. The zero-order valence-corrected chi connectivity index (χ0v) is 75.1. The molecule has 0 bridgehead atoms. The van der Waals surface area contributed by atoms with E-state index in [2.05, 4.69) is 108 Å². The number of ketones is 1. The number of likely N-dealkylation sites (N-methyl/N-ethyl adjacent to an activating group) is 2. The first-order valence-corrected chi connectivity index (χ1v) is 46.0. The number of rotatable bonds is 28. The first-order valence-electron chi connectivity index (χ1n) is 43.5. The second kappa shape index (κ2) is 51.1. The number of nitrogens with two attached hydrogens (primary N) is 1. The summed E-state index contributed by atoms with van der Waals surface area (Å²) in [6.07, 6.45) is 15.4. The molecule has 3 heterocycles. The maximum absolute atomic E-state index is 13.6. The summed E-state index contributed by atoms with van der Waals surface area (Å²) in [5, 5.41) is 19.0. The molecule has 1 atom stereocenters. The molecule has 20 nitrogen and oxygen atoms in total. The molecule has 0 saturated carbocycles. The number of ether oxygens (including phenoxy) is 5. The van der Waals surface area contributed by atoms with Gasteiger partial charge in [-0.1, -0.05) is 153 Å². The molecule has 21 heteroatoms. The van der Waals surface area contributed by atoms with E-state index in [1.807, 2.05) is 175 Å². The normalized spacial score (nSPS) is 13.8. The zero-order chi connectivity index (χ0) is 87.7. The molecule has 0 spiro atoms. The van der Waals surface area contributed by atoms with Gasteiger partial charge in [0.2, 0.25) is 11.8 Å². The number of phenols is 1. The van der Waals surface area contributed by atoms with Crippen LogP contribution in [0.25, 0.3) is 55.2 Å². The van der Waals surface area contributed by atoms with E-state index < -0.39 is 14.1 Å². The summed E-state index contributed by atoms with van der Waals surface area (Å²) in [4.78, 5) is 73.3. The quantitative estimate of drug-likeness (QED) is 0.0202. The highest BCUT2D eigenvalue weighted by Crippen LogP contribution is 2.34. The number of para-hydroxylation sites is 1. The molecule has 122 heavy (non-hydrogen) atoms. The van der Waals surface area contributed by atoms with Crippen LogP contribution in [0.4, 0.5) is 15.3 Å². The SMILES string of the molecule is CCC(Cc1ccccc1)(C(=O)c1ccc(N2CCOCC2)cc1)N(C)C.CCN(CC)C(=O)/C=C/c1ccc(OC)cc1O.CCN(CC)C(=O)OCc1c2ccccc2cc2ccccc12.CCO[Si](C)(CCCN)OCC.COc1ccccc1/C=C/C(=O)N1CCCCC1.O=C(OCc1c2ccccc2cc2ccccc12)N1CCCCC1. The number of likely N-dealkylation sites (tertiary alicyclic amines) is 2. The zero-order valence-electron chi connectivity index (χ0n) is 74.1. The number of carbonyl (C=O) groups is 5. The third-order valence-corrected chi connectivity index (χ3v) is 25.5. The highest BCUT2D eigenvalue weighted by atomic mass is 28.4. The third kappa shape index (κ3) is 28.3. The molecule has 10 aromatic carbocycles. The van der Waals surface area contributed by atoms with E-state index in [1.54, 1.807) is 41.2 Å². The molecule has 3 aliphatic heterocycles. The second-order valence-corrected chi connectivity index (χ2v) is 33.8. The Hall–Kier alpha value is -10.9. The maximum Gasteiger partial charge on any atom is 0.410 e. The van der Waals surface area contributed by atoms with Crippen molar-refractivity contribution in [3.05, 3.63) is 252 Å². The molecule has 13 rings (SSSR count). The predicted molar refractivity (Wildman–Crippen MR) is 500 cm³/mol. The van der Waals surface area contributed by atoms with E-state index in [0.717, 1.165) is 172 Å². The number of carbonyl (C=O) groups excluding carboxylic acids is 5. The summed E-state index contributed by atoms with van der Waals surface area (Å²) in [6, 6.07) is 69.4. The van der Waals surface area contributed by atoms with E-state index in [0.29, 0.717) is 50.5 Å². The Bertz CT molecular complexity index is 4830. The summed E-state index contributed by atoms with van der Waals surface area (Å²) in [5.74, 6) is 1.70. The number of Topliss-reactive ketones (excluding diaryl/α,β-unsaturated/α-hetero) is 1. The smallest absolute Gasteiger partial charge is 0.410 e. The minimum atomic E-state index is -1.85. The second-order valence-electron chi connectivity index (χ2n) is 30.5. The van der Waals surface area contributed by atoms with Gasteiger partial charge in [0.1, 0.15) is 30.5 Å². The Kier molecular flexibility index (Phi) is 40.5. The lowest BCUT2D eigenvalue weighted by atomic mass is 9.80. The van der Waals surface area contributed by atoms with E-state index in [9.17, 15) is 29.1 Å². The fourth-order valence-corrected chi connectivity index (χ4v) is 17.9. The number of methoxy groups -OCH3 is 2. The Balaban J connectivity index is 0.000000185. The number of nitrogens with zero attached hydrogens (tertiary/aromatic N) is 6. The first-order chi connectivity index (χ1) is 59.2. The Morgan fingerprint density at radius 2 is 1.01 bits per heavy atom. The van der Waals surface area contributed by atoms with E-state index >= 15 is 0 Å². The number of hydrogen-bond donors (Lipinski definition) is 2. The Morgan fingerprint density at radius 1 is 0.525 bits per heavy atom. The first kappa shape index (κ1) is 96.5. The van der Waals surface area contributed by atoms with Gasteiger partial charge in [-0.15, -0.1) is 0 Å². The van der Waals surface area contributed by atoms with E-state index in [1.165, 1.54) is 59.2 Å². The molecule has 0 aliphatic carbocycles. The van der Waals surface area contributed by atoms with Crippen molar-refractivity contribution < 1.29 is 61.6 Å². The average molecular weight is 1680 g/mol. The molecule has 0 aromatic heterocycles. The Labute approximate surface area is 725 Å². The monoisotopic (exact) mass is 1680 g/mol. The molecular weight excluding hydrogens is 1550 g/mol. The lowest BCUT2D eigenvalue weighted by Gasteiger charge is -2.38. The van der Waals surface area contributed by atoms with Gasteiger partial charge in [-0.25, -0.2) is 9.59 Å². The van der Waals surface area contributed by atoms with Crippen LogP contribution in [0.15, 0.2) is 218 Å². The van der Waals surface area contributed by atoms with Crippen molar-refractivity contribution in [1.82, 2.24) is 24.5 Å². The number of amides is 4. The van der Waals surface area contributed by atoms with Gasteiger partial charge >= 0.3 is 20.7 Å². The highest BCUT2D eigenvalue weighted by molar-refractivity contribution is 6.66. The highest BCUT2D eigenvalue weighted by Gasteiger charge is 2.40. The van der Waals surface area contributed by atoms with Crippen LogP contribution in [-0.2, 0) is 52.3 Å². The van der Waals surface area contributed by atoms with E-state index in [-0.39, 0.29) is 42.1 Å². The topological polar surface area (TPSA) is 216 Å². The van der Waals surface area contributed by atoms with Crippen LogP contribution in [0, 0.1) is 0 Å². The standard InChI is InChI=1S/C23H30N2O2.C21H21NO2.C20H21NO2.C15H19NO2.C14H19NO3.C8H21NO2Si/c1-4-23(24(2)3,18-19-8-6-5-7-9-19)22(26)20-10-12-21(13-11-20)25-14-16-27-17-15-25;23-21(22-12-6-1-7-13-22)24-15-20-18-10-4-2-8-16(18)14-17-9-3-5-11-19(17)20;1-3-21(4-2)20(22)23-14-19-17-11-7-5-9-15(17)13-16-10-6-8-12-18(16)19;1-18-14-8-4-3-7-13(14)9-10-15(17)16-11-5-2-6-12-16;1-4-15(5-2)14(17)9-7-11-6-8-12(18-3)10-13(11)16;1-4-10-12(3,11-5-2)8-6-7-9/h5-13H,4,14-18H2,1-3H3;2-5,8-11,14H,1,6-7,12-13,15H2;5-13H,3-4,14H2,1-2H3;3-4,7-10H,2,5-6,11-12H2,1H3;6-10,16H,4-5H2,1-3H3;4-9H2,1-3H3/b;;;10-9+;9-7+;. The summed E-state index contributed by atoms with van der Waals surface area (Å²) >= 11 is 0. The molecule has 10 aromatic rings. The van der Waals surface area contributed by atoms with Gasteiger partial charge in [0.05, 0.1) is 33.0 Å². The molecule has 3 aliphatic rings. The summed E-state index contributed by atoms with van der Waals surface area (Å²) < 4.78 is 38.2. The minimum absolute atomic E-state index is 0.0600. The van der Waals surface area contributed by atoms with Crippen LogP contribution >= 0.6 is 0 Å². The van der Waals surface area contributed by atoms with Gasteiger partial charge < -0.3 is 67.9 Å². The van der Waals surface area contributed by atoms with Gasteiger partial charge in [-0.3, -0.25) is 19.3 Å². The van der Waals surface area contributed by atoms with Crippen molar-refractivity contribution in [2.24, 2.45) is 5.73 Å². The van der Waals surface area contributed by atoms with Crippen molar-refractivity contribution in [2.75, 3.05) is 132 Å². The van der Waals surface area contributed by atoms with Crippen LogP contribution in [0.3, 0.4) is 0 Å². The van der Waals surface area contributed by atoms with Crippen molar-refractivity contribution in [3.63, 3.8) is 0 Å². The van der Waals surface area contributed by atoms with Gasteiger partial charge in [-0.2, -0.15) is 0 Å². The molecule has 3 N–H and O–H groups in total. The lowest BCUT2D eigenvalue weighted by molar-refractivity contribution is -0.127. The summed E-state index contributed by atoms with van der Waals surface area (Å²) in [5.41, 5.74) is 11.7. The number of morpholine rings is 1. The number of fused-ring (bicyclic) bond motifs is 4. The molecule has 3 saturated heterocycles. The van der Waals surface area contributed by atoms with Gasteiger partial charge in [0, 0.05) is 130 Å². The molecule has 4 amide bonds. The number of phenolic OH excluding ortho intramolecular Hbond substituents is 1. The molecular formula is C101H131N7O13Si.